The van der Waals surface area contributed by atoms with E-state index < -0.39 is 21.9 Å². The third-order valence-electron chi connectivity index (χ3n) is 5.05. The second kappa shape index (κ2) is 6.61. The number of aliphatic carboxylic acids is 1. The van der Waals surface area contributed by atoms with E-state index in [-0.39, 0.29) is 12.3 Å². The lowest BCUT2D eigenvalue weighted by Crippen LogP contribution is -2.43. The number of hydrogen-bond acceptors (Lipinski definition) is 3. The van der Waals surface area contributed by atoms with Crippen molar-refractivity contribution in [2.24, 2.45) is 11.8 Å². The lowest BCUT2D eigenvalue weighted by atomic mass is 10.0. The van der Waals surface area contributed by atoms with Gasteiger partial charge in [-0.25, -0.2) is 12.7 Å². The number of sulfonamides is 1. The number of benzene rings is 1. The maximum absolute atomic E-state index is 12.5. The van der Waals surface area contributed by atoms with Crippen molar-refractivity contribution >= 4 is 16.0 Å². The largest absolute Gasteiger partial charge is 0.481 e. The summed E-state index contributed by atoms with van der Waals surface area (Å²) in [5.41, 5.74) is 2.66. The molecule has 0 radical (unpaired) electrons. The summed E-state index contributed by atoms with van der Waals surface area (Å²) in [4.78, 5) is 11.1. The van der Waals surface area contributed by atoms with Crippen LogP contribution in [0.25, 0.3) is 0 Å². The molecule has 1 unspecified atom stereocenters. The Labute approximate surface area is 137 Å². The number of carbonyl (C=O) groups is 1. The molecule has 0 aromatic heterocycles. The van der Waals surface area contributed by atoms with E-state index >= 15 is 0 Å². The van der Waals surface area contributed by atoms with Crippen molar-refractivity contribution in [3.8, 4) is 0 Å². The number of carboxylic acid groups (broad SMARTS) is 1. The first-order valence-electron chi connectivity index (χ1n) is 8.23. The van der Waals surface area contributed by atoms with Gasteiger partial charge in [0.1, 0.15) is 0 Å². The molecule has 1 aliphatic heterocycles. The van der Waals surface area contributed by atoms with Gasteiger partial charge >= 0.3 is 5.97 Å². The van der Waals surface area contributed by atoms with Gasteiger partial charge in [0.05, 0.1) is 11.7 Å². The van der Waals surface area contributed by atoms with Crippen LogP contribution in [0, 0.1) is 11.8 Å². The third kappa shape index (κ3) is 3.75. The molecule has 1 aromatic carbocycles. The van der Waals surface area contributed by atoms with Gasteiger partial charge in [0.15, 0.2) is 0 Å². The van der Waals surface area contributed by atoms with Gasteiger partial charge in [-0.3, -0.25) is 4.79 Å². The van der Waals surface area contributed by atoms with Gasteiger partial charge in [-0.2, -0.15) is 0 Å². The van der Waals surface area contributed by atoms with Crippen LogP contribution in [0.15, 0.2) is 24.3 Å². The van der Waals surface area contributed by atoms with Gasteiger partial charge < -0.3 is 5.11 Å². The molecule has 1 fully saturated rings. The number of nitrogens with zero attached hydrogens (tertiary/aromatic N) is 1. The second-order valence-corrected chi connectivity index (χ2v) is 8.77. The molecular formula is C17H23NO4S. The number of hydrogen-bond donors (Lipinski definition) is 1. The molecule has 3 rings (SSSR count). The molecule has 1 heterocycles. The average Bonchev–Trinajstić information content (AvgIpc) is 2.96. The van der Waals surface area contributed by atoms with Gasteiger partial charge in [0.2, 0.25) is 10.0 Å². The molecule has 1 aromatic rings. The van der Waals surface area contributed by atoms with Crippen molar-refractivity contribution < 1.29 is 18.3 Å². The lowest BCUT2D eigenvalue weighted by molar-refractivity contribution is -0.142. The van der Waals surface area contributed by atoms with Gasteiger partial charge in [0.25, 0.3) is 0 Å². The Morgan fingerprint density at radius 3 is 2.48 bits per heavy atom. The van der Waals surface area contributed by atoms with Crippen molar-refractivity contribution in [3.63, 3.8) is 0 Å². The Bertz CT molecular complexity index is 661. The van der Waals surface area contributed by atoms with Crippen LogP contribution < -0.4 is 0 Å². The Morgan fingerprint density at radius 1 is 1.22 bits per heavy atom. The monoisotopic (exact) mass is 337 g/mol. The van der Waals surface area contributed by atoms with Gasteiger partial charge in [-0.05, 0) is 49.1 Å². The fourth-order valence-corrected chi connectivity index (χ4v) is 5.40. The first kappa shape index (κ1) is 16.5. The van der Waals surface area contributed by atoms with Gasteiger partial charge in [-0.15, -0.1) is 0 Å². The van der Waals surface area contributed by atoms with Crippen LogP contribution in [0.3, 0.4) is 0 Å². The number of fused-ring (bicyclic) bond motifs is 1. The minimum absolute atomic E-state index is 0.123. The number of rotatable bonds is 5. The molecule has 0 amide bonds. The fourth-order valence-electron chi connectivity index (χ4n) is 3.70. The third-order valence-corrected chi connectivity index (χ3v) is 6.92. The topological polar surface area (TPSA) is 74.7 Å². The van der Waals surface area contributed by atoms with Crippen molar-refractivity contribution in [2.75, 3.05) is 18.8 Å². The number of carboxylic acids is 1. The van der Waals surface area contributed by atoms with E-state index in [9.17, 15) is 13.2 Å². The predicted molar refractivity (Wildman–Crippen MR) is 87.7 cm³/mol. The molecule has 0 spiro atoms. The second-order valence-electron chi connectivity index (χ2n) is 6.68. The minimum Gasteiger partial charge on any atom is -0.481 e. The standard InChI is InChI=1S/C17H23NO4S/c19-17(20)16-6-3-8-18(12-16)23(21,22)9-7-13-10-14-4-1-2-5-15(14)11-13/h1-2,4-5,13,16H,3,6-12H2,(H,19,20). The zero-order valence-electron chi connectivity index (χ0n) is 13.1. The maximum atomic E-state index is 12.5. The summed E-state index contributed by atoms with van der Waals surface area (Å²) >= 11 is 0. The van der Waals surface area contributed by atoms with E-state index in [1.165, 1.54) is 15.4 Å². The first-order valence-corrected chi connectivity index (χ1v) is 9.84. The molecular weight excluding hydrogens is 314 g/mol. The van der Waals surface area contributed by atoms with E-state index in [1.54, 1.807) is 0 Å². The molecule has 6 heteroatoms. The van der Waals surface area contributed by atoms with Gasteiger partial charge in [0, 0.05) is 13.1 Å². The molecule has 2 aliphatic rings. The molecule has 126 valence electrons. The molecule has 0 bridgehead atoms. The van der Waals surface area contributed by atoms with E-state index in [0.29, 0.717) is 31.7 Å². The van der Waals surface area contributed by atoms with Crippen molar-refractivity contribution in [2.45, 2.75) is 32.1 Å². The Balaban J connectivity index is 1.56. The zero-order valence-corrected chi connectivity index (χ0v) is 14.0. The summed E-state index contributed by atoms with van der Waals surface area (Å²) in [6.45, 7) is 0.583. The Morgan fingerprint density at radius 2 is 1.87 bits per heavy atom. The van der Waals surface area contributed by atoms with Crippen LogP contribution in [0.5, 0.6) is 0 Å². The van der Waals surface area contributed by atoms with Crippen LogP contribution >= 0.6 is 0 Å². The molecule has 1 aliphatic carbocycles. The normalized spacial score (nSPS) is 22.9. The summed E-state index contributed by atoms with van der Waals surface area (Å²) in [6.07, 6.45) is 3.74. The highest BCUT2D eigenvalue weighted by molar-refractivity contribution is 7.89. The minimum atomic E-state index is -3.35. The average molecular weight is 337 g/mol. The SMILES string of the molecule is O=C(O)C1CCCN(S(=O)(=O)CCC2Cc3ccccc3C2)C1. The maximum Gasteiger partial charge on any atom is 0.307 e. The predicted octanol–water partition coefficient (Wildman–Crippen LogP) is 1.92. The lowest BCUT2D eigenvalue weighted by Gasteiger charge is -2.30. The summed E-state index contributed by atoms with van der Waals surface area (Å²) in [5, 5.41) is 9.10. The van der Waals surface area contributed by atoms with Crippen LogP contribution in [-0.2, 0) is 27.7 Å². The molecule has 5 nitrogen and oxygen atoms in total. The van der Waals surface area contributed by atoms with Crippen LogP contribution in [0.1, 0.15) is 30.4 Å². The highest BCUT2D eigenvalue weighted by atomic mass is 32.2. The van der Waals surface area contributed by atoms with E-state index in [0.717, 1.165) is 12.8 Å². The van der Waals surface area contributed by atoms with E-state index in [2.05, 4.69) is 12.1 Å². The van der Waals surface area contributed by atoms with Crippen LogP contribution in [-0.4, -0.2) is 42.6 Å². The smallest absolute Gasteiger partial charge is 0.307 e. The van der Waals surface area contributed by atoms with Crippen LogP contribution in [0.2, 0.25) is 0 Å². The highest BCUT2D eigenvalue weighted by Gasteiger charge is 2.33. The first-order chi connectivity index (χ1) is 11.0. The molecule has 1 N–H and O–H groups in total. The molecule has 1 atom stereocenters. The summed E-state index contributed by atoms with van der Waals surface area (Å²) in [5.74, 6) is -0.953. The van der Waals surface area contributed by atoms with Crippen LogP contribution in [0.4, 0.5) is 0 Å². The van der Waals surface area contributed by atoms with Crippen molar-refractivity contribution in [1.29, 1.82) is 0 Å². The summed E-state index contributed by atoms with van der Waals surface area (Å²) in [7, 11) is -3.35. The Hall–Kier alpha value is -1.40. The van der Waals surface area contributed by atoms with E-state index in [1.807, 2.05) is 12.1 Å². The van der Waals surface area contributed by atoms with Crippen molar-refractivity contribution in [3.05, 3.63) is 35.4 Å². The summed E-state index contributed by atoms with van der Waals surface area (Å²) < 4.78 is 26.4. The van der Waals surface area contributed by atoms with E-state index in [4.69, 9.17) is 5.11 Å². The molecule has 23 heavy (non-hydrogen) atoms. The van der Waals surface area contributed by atoms with Crippen molar-refractivity contribution in [1.82, 2.24) is 4.31 Å². The van der Waals surface area contributed by atoms with Gasteiger partial charge in [-0.1, -0.05) is 24.3 Å². The zero-order chi connectivity index (χ0) is 16.4. The summed E-state index contributed by atoms with van der Waals surface area (Å²) in [6, 6.07) is 8.29. The molecule has 1 saturated heterocycles. The highest BCUT2D eigenvalue weighted by Crippen LogP contribution is 2.29. The fraction of sp³-hybridized carbons (Fsp3) is 0.588. The quantitative estimate of drug-likeness (QED) is 0.891. The number of piperidine rings is 1. The Kier molecular flexibility index (Phi) is 4.73. The molecule has 0 saturated carbocycles.